The first kappa shape index (κ1) is 17.7. The molecular weight excluding hydrogens is 352 g/mol. The number of hydrogen-bond donors (Lipinski definition) is 2. The van der Waals surface area contributed by atoms with Gasteiger partial charge in [0.05, 0.1) is 17.3 Å². The smallest absolute Gasteiger partial charge is 0.251 e. The van der Waals surface area contributed by atoms with E-state index in [1.54, 1.807) is 36.5 Å². The maximum absolute atomic E-state index is 12.3. The molecule has 3 aromatic rings. The summed E-state index contributed by atoms with van der Waals surface area (Å²) in [5.41, 5.74) is 2.94. The molecule has 0 bridgehead atoms. The van der Waals surface area contributed by atoms with Crippen LogP contribution in [0.3, 0.4) is 0 Å². The number of benzene rings is 1. The average Bonchev–Trinajstić information content (AvgIpc) is 3.06. The molecule has 0 radical (unpaired) electrons. The largest absolute Gasteiger partial charge is 0.348 e. The SMILES string of the molecule is C=CC(=O)NCc1ccc(C(=O)NCc2cn3cc(Cl)ccc3n2)cc1. The van der Waals surface area contributed by atoms with Crippen molar-refractivity contribution in [1.82, 2.24) is 20.0 Å². The average molecular weight is 369 g/mol. The molecule has 0 aliphatic rings. The summed E-state index contributed by atoms with van der Waals surface area (Å²) in [4.78, 5) is 27.8. The Hall–Kier alpha value is -3.12. The Bertz CT molecular complexity index is 963. The second-order valence-corrected chi connectivity index (χ2v) is 6.08. The van der Waals surface area contributed by atoms with Crippen molar-refractivity contribution in [2.45, 2.75) is 13.1 Å². The second-order valence-electron chi connectivity index (χ2n) is 5.65. The van der Waals surface area contributed by atoms with Gasteiger partial charge in [-0.25, -0.2) is 4.98 Å². The van der Waals surface area contributed by atoms with Crippen molar-refractivity contribution in [1.29, 1.82) is 0 Å². The Morgan fingerprint density at radius 1 is 1.08 bits per heavy atom. The lowest BCUT2D eigenvalue weighted by Gasteiger charge is -2.06. The van der Waals surface area contributed by atoms with E-state index in [0.717, 1.165) is 16.9 Å². The van der Waals surface area contributed by atoms with Crippen LogP contribution in [0.2, 0.25) is 5.02 Å². The Labute approximate surface area is 155 Å². The van der Waals surface area contributed by atoms with E-state index >= 15 is 0 Å². The van der Waals surface area contributed by atoms with Gasteiger partial charge >= 0.3 is 0 Å². The van der Waals surface area contributed by atoms with Gasteiger partial charge in [-0.05, 0) is 35.9 Å². The Balaban J connectivity index is 1.58. The standard InChI is InChI=1S/C19H17ClN4O2/c1-2-18(25)21-9-13-3-5-14(6-4-13)19(26)22-10-16-12-24-11-15(20)7-8-17(24)23-16/h2-8,11-12H,1,9-10H2,(H,21,25)(H,22,26). The van der Waals surface area contributed by atoms with E-state index in [1.807, 2.05) is 16.7 Å². The number of nitrogens with zero attached hydrogens (tertiary/aromatic N) is 2. The van der Waals surface area contributed by atoms with Crippen molar-refractivity contribution < 1.29 is 9.59 Å². The number of imidazole rings is 1. The Morgan fingerprint density at radius 3 is 2.58 bits per heavy atom. The molecule has 2 amide bonds. The number of carbonyl (C=O) groups excluding carboxylic acids is 2. The molecule has 132 valence electrons. The van der Waals surface area contributed by atoms with E-state index in [4.69, 9.17) is 11.6 Å². The number of hydrogen-bond acceptors (Lipinski definition) is 3. The minimum Gasteiger partial charge on any atom is -0.348 e. The van der Waals surface area contributed by atoms with Crippen molar-refractivity contribution in [3.63, 3.8) is 0 Å². The Kier molecular flexibility index (Phi) is 5.34. The van der Waals surface area contributed by atoms with Crippen LogP contribution in [0.1, 0.15) is 21.6 Å². The van der Waals surface area contributed by atoms with Crippen LogP contribution in [-0.4, -0.2) is 21.2 Å². The number of nitrogens with one attached hydrogen (secondary N) is 2. The minimum absolute atomic E-state index is 0.193. The monoisotopic (exact) mass is 368 g/mol. The van der Waals surface area contributed by atoms with Gasteiger partial charge in [-0.1, -0.05) is 30.3 Å². The predicted octanol–water partition coefficient (Wildman–Crippen LogP) is 2.72. The molecule has 7 heteroatoms. The molecular formula is C19H17ClN4O2. The molecule has 2 N–H and O–H groups in total. The number of fused-ring (bicyclic) bond motifs is 1. The zero-order chi connectivity index (χ0) is 18.5. The van der Waals surface area contributed by atoms with Gasteiger partial charge in [0.15, 0.2) is 0 Å². The van der Waals surface area contributed by atoms with Crippen LogP contribution in [0, 0.1) is 0 Å². The number of carbonyl (C=O) groups is 2. The van der Waals surface area contributed by atoms with Crippen molar-refractivity contribution in [2.75, 3.05) is 0 Å². The summed E-state index contributed by atoms with van der Waals surface area (Å²) in [5.74, 6) is -0.428. The molecule has 0 unspecified atom stereocenters. The topological polar surface area (TPSA) is 75.5 Å². The lowest BCUT2D eigenvalue weighted by atomic mass is 10.1. The normalized spacial score (nSPS) is 10.5. The summed E-state index contributed by atoms with van der Waals surface area (Å²) in [6, 6.07) is 10.6. The summed E-state index contributed by atoms with van der Waals surface area (Å²) in [6.07, 6.45) is 4.81. The van der Waals surface area contributed by atoms with Gasteiger partial charge in [-0.2, -0.15) is 0 Å². The van der Waals surface area contributed by atoms with Crippen molar-refractivity contribution in [2.24, 2.45) is 0 Å². The summed E-state index contributed by atoms with van der Waals surface area (Å²) >= 11 is 5.95. The fourth-order valence-corrected chi connectivity index (χ4v) is 2.58. The maximum atomic E-state index is 12.3. The Morgan fingerprint density at radius 2 is 1.85 bits per heavy atom. The first-order valence-corrected chi connectivity index (χ1v) is 8.33. The van der Waals surface area contributed by atoms with Crippen LogP contribution in [0.25, 0.3) is 5.65 Å². The van der Waals surface area contributed by atoms with Crippen LogP contribution in [0.4, 0.5) is 0 Å². The van der Waals surface area contributed by atoms with Gasteiger partial charge in [0.2, 0.25) is 5.91 Å². The number of pyridine rings is 1. The van der Waals surface area contributed by atoms with E-state index in [-0.39, 0.29) is 11.8 Å². The molecule has 0 aliphatic carbocycles. The number of amides is 2. The molecule has 3 rings (SSSR count). The van der Waals surface area contributed by atoms with Crippen molar-refractivity contribution in [3.05, 3.63) is 83.3 Å². The molecule has 1 aromatic carbocycles. The molecule has 26 heavy (non-hydrogen) atoms. The molecule has 0 spiro atoms. The van der Waals surface area contributed by atoms with Crippen LogP contribution in [0.5, 0.6) is 0 Å². The van der Waals surface area contributed by atoms with Gasteiger partial charge in [0, 0.05) is 24.5 Å². The first-order valence-electron chi connectivity index (χ1n) is 7.95. The minimum atomic E-state index is -0.236. The second kappa shape index (κ2) is 7.84. The highest BCUT2D eigenvalue weighted by Gasteiger charge is 2.08. The highest BCUT2D eigenvalue weighted by Crippen LogP contribution is 2.12. The first-order chi connectivity index (χ1) is 12.5. The predicted molar refractivity (Wildman–Crippen MR) is 99.9 cm³/mol. The van der Waals surface area contributed by atoms with Crippen molar-refractivity contribution >= 4 is 29.1 Å². The molecule has 0 aliphatic heterocycles. The summed E-state index contributed by atoms with van der Waals surface area (Å²) in [7, 11) is 0. The zero-order valence-corrected chi connectivity index (χ0v) is 14.7. The third-order valence-electron chi connectivity index (χ3n) is 3.76. The van der Waals surface area contributed by atoms with Crippen LogP contribution >= 0.6 is 11.6 Å². The van der Waals surface area contributed by atoms with Gasteiger partial charge in [0.1, 0.15) is 5.65 Å². The summed E-state index contributed by atoms with van der Waals surface area (Å²) < 4.78 is 1.82. The van der Waals surface area contributed by atoms with Crippen LogP contribution in [0.15, 0.2) is 61.4 Å². The fourth-order valence-electron chi connectivity index (χ4n) is 2.41. The third kappa shape index (κ3) is 4.29. The van der Waals surface area contributed by atoms with Gasteiger partial charge < -0.3 is 15.0 Å². The maximum Gasteiger partial charge on any atom is 0.251 e. The molecule has 0 fully saturated rings. The number of halogens is 1. The molecule has 0 atom stereocenters. The lowest BCUT2D eigenvalue weighted by Crippen LogP contribution is -2.23. The van der Waals surface area contributed by atoms with Gasteiger partial charge in [-0.15, -0.1) is 0 Å². The van der Waals surface area contributed by atoms with Crippen LogP contribution < -0.4 is 10.6 Å². The zero-order valence-electron chi connectivity index (χ0n) is 13.9. The summed E-state index contributed by atoms with van der Waals surface area (Å²) in [6.45, 7) is 4.10. The molecule has 0 saturated carbocycles. The molecule has 2 aromatic heterocycles. The highest BCUT2D eigenvalue weighted by atomic mass is 35.5. The third-order valence-corrected chi connectivity index (χ3v) is 3.99. The van der Waals surface area contributed by atoms with Gasteiger partial charge in [0.25, 0.3) is 5.91 Å². The lowest BCUT2D eigenvalue weighted by molar-refractivity contribution is -0.116. The van der Waals surface area contributed by atoms with E-state index in [0.29, 0.717) is 23.7 Å². The highest BCUT2D eigenvalue weighted by molar-refractivity contribution is 6.30. The van der Waals surface area contributed by atoms with Gasteiger partial charge in [-0.3, -0.25) is 9.59 Å². The molecule has 6 nitrogen and oxygen atoms in total. The van der Waals surface area contributed by atoms with Crippen molar-refractivity contribution in [3.8, 4) is 0 Å². The molecule has 2 heterocycles. The van der Waals surface area contributed by atoms with Crippen LogP contribution in [-0.2, 0) is 17.9 Å². The van der Waals surface area contributed by atoms with E-state index in [9.17, 15) is 9.59 Å². The van der Waals surface area contributed by atoms with E-state index in [2.05, 4.69) is 22.2 Å². The quantitative estimate of drug-likeness (QED) is 0.657. The number of aromatic nitrogens is 2. The fraction of sp³-hybridized carbons (Fsp3) is 0.105. The summed E-state index contributed by atoms with van der Waals surface area (Å²) in [5, 5.41) is 6.14. The van der Waals surface area contributed by atoms with E-state index < -0.39 is 0 Å². The number of rotatable bonds is 6. The molecule has 0 saturated heterocycles. The van der Waals surface area contributed by atoms with E-state index in [1.165, 1.54) is 6.08 Å².